The number of guanidine groups is 1. The number of likely N-dealkylation sites (tertiary alicyclic amines) is 1. The van der Waals surface area contributed by atoms with Gasteiger partial charge in [-0.1, -0.05) is 24.3 Å². The molecule has 31 heavy (non-hydrogen) atoms. The first-order valence-corrected chi connectivity index (χ1v) is 10.4. The summed E-state index contributed by atoms with van der Waals surface area (Å²) in [6.45, 7) is 3.44. The normalized spacial score (nSPS) is 15.8. The predicted octanol–water partition coefficient (Wildman–Crippen LogP) is 3.78. The lowest BCUT2D eigenvalue weighted by Crippen LogP contribution is -2.31. The van der Waals surface area contributed by atoms with Crippen molar-refractivity contribution in [3.63, 3.8) is 0 Å². The van der Waals surface area contributed by atoms with Crippen LogP contribution in [-0.4, -0.2) is 43.6 Å². The second-order valence-electron chi connectivity index (χ2n) is 7.45. The van der Waals surface area contributed by atoms with E-state index in [-0.39, 0.29) is 29.9 Å². The standard InChI is InChI=1S/C23H28N4O3.HI/c1-24-23(26-19-9-10-20-21(14-19)30-13-5-12-29-20)25-15-17-6-2-3-7-18(17)16-27-11-4-8-22(27)28;/h2-3,6-7,9-10,14H,4-5,8,11-13,15-16H2,1H3,(H2,24,25,26);1H. The molecule has 1 amide bonds. The van der Waals surface area contributed by atoms with Crippen molar-refractivity contribution in [2.45, 2.75) is 32.4 Å². The van der Waals surface area contributed by atoms with Crippen molar-refractivity contribution in [2.75, 3.05) is 32.1 Å². The number of benzene rings is 2. The van der Waals surface area contributed by atoms with Crippen molar-refractivity contribution in [3.8, 4) is 11.5 Å². The van der Waals surface area contributed by atoms with E-state index in [2.05, 4.69) is 27.8 Å². The maximum absolute atomic E-state index is 12.0. The molecule has 2 heterocycles. The molecule has 2 aliphatic rings. The Hall–Kier alpha value is -2.49. The molecular formula is C23H29IN4O3. The first kappa shape index (κ1) is 23.2. The molecule has 0 aromatic heterocycles. The van der Waals surface area contributed by atoms with E-state index in [0.717, 1.165) is 47.7 Å². The first-order chi connectivity index (χ1) is 14.7. The van der Waals surface area contributed by atoms with E-state index in [1.807, 2.05) is 35.2 Å². The van der Waals surface area contributed by atoms with Crippen molar-refractivity contribution >= 4 is 41.5 Å². The molecule has 166 valence electrons. The van der Waals surface area contributed by atoms with Crippen molar-refractivity contribution in [3.05, 3.63) is 53.6 Å². The Labute approximate surface area is 200 Å². The average molecular weight is 536 g/mol. The van der Waals surface area contributed by atoms with Crippen LogP contribution in [0.1, 0.15) is 30.4 Å². The fourth-order valence-electron chi connectivity index (χ4n) is 3.70. The number of ether oxygens (including phenoxy) is 2. The molecule has 2 N–H and O–H groups in total. The van der Waals surface area contributed by atoms with Crippen LogP contribution in [0.5, 0.6) is 11.5 Å². The van der Waals surface area contributed by atoms with Gasteiger partial charge in [0.25, 0.3) is 0 Å². The number of amides is 1. The molecule has 2 aliphatic heterocycles. The van der Waals surface area contributed by atoms with Gasteiger partial charge in [-0.15, -0.1) is 24.0 Å². The summed E-state index contributed by atoms with van der Waals surface area (Å²) in [5.41, 5.74) is 3.19. The second kappa shape index (κ2) is 11.2. The van der Waals surface area contributed by atoms with E-state index in [0.29, 0.717) is 38.7 Å². The highest BCUT2D eigenvalue weighted by molar-refractivity contribution is 14.0. The minimum Gasteiger partial charge on any atom is -0.490 e. The van der Waals surface area contributed by atoms with Gasteiger partial charge in [-0.25, -0.2) is 0 Å². The molecule has 0 bridgehead atoms. The summed E-state index contributed by atoms with van der Waals surface area (Å²) < 4.78 is 11.5. The van der Waals surface area contributed by atoms with Gasteiger partial charge in [-0.2, -0.15) is 0 Å². The molecule has 8 heteroatoms. The van der Waals surface area contributed by atoms with Gasteiger partial charge in [-0.3, -0.25) is 9.79 Å². The molecule has 0 saturated carbocycles. The molecule has 1 saturated heterocycles. The largest absolute Gasteiger partial charge is 0.490 e. The number of anilines is 1. The van der Waals surface area contributed by atoms with Gasteiger partial charge in [0.05, 0.1) is 13.2 Å². The summed E-state index contributed by atoms with van der Waals surface area (Å²) >= 11 is 0. The fraction of sp³-hybridized carbons (Fsp3) is 0.391. The smallest absolute Gasteiger partial charge is 0.222 e. The average Bonchev–Trinajstić information content (AvgIpc) is 3.02. The first-order valence-electron chi connectivity index (χ1n) is 10.4. The Morgan fingerprint density at radius 2 is 1.84 bits per heavy atom. The summed E-state index contributed by atoms with van der Waals surface area (Å²) in [6, 6.07) is 14.0. The van der Waals surface area contributed by atoms with E-state index in [9.17, 15) is 4.79 Å². The third-order valence-corrected chi connectivity index (χ3v) is 5.33. The zero-order valence-corrected chi connectivity index (χ0v) is 20.1. The summed E-state index contributed by atoms with van der Waals surface area (Å²) in [5, 5.41) is 6.67. The van der Waals surface area contributed by atoms with E-state index >= 15 is 0 Å². The highest BCUT2D eigenvalue weighted by Crippen LogP contribution is 2.32. The summed E-state index contributed by atoms with van der Waals surface area (Å²) in [4.78, 5) is 18.3. The Morgan fingerprint density at radius 3 is 2.58 bits per heavy atom. The number of aliphatic imine (C=N–C) groups is 1. The molecule has 0 unspecified atom stereocenters. The van der Waals surface area contributed by atoms with Crippen molar-refractivity contribution in [2.24, 2.45) is 4.99 Å². The minimum atomic E-state index is 0. The zero-order chi connectivity index (χ0) is 20.8. The molecule has 0 spiro atoms. The van der Waals surface area contributed by atoms with Crippen molar-refractivity contribution in [1.29, 1.82) is 0 Å². The Kier molecular flexibility index (Phi) is 8.39. The molecule has 4 rings (SSSR count). The number of carbonyl (C=O) groups excluding carboxylic acids is 1. The van der Waals surface area contributed by atoms with Crippen LogP contribution in [-0.2, 0) is 17.9 Å². The summed E-state index contributed by atoms with van der Waals surface area (Å²) in [6.07, 6.45) is 2.49. The van der Waals surface area contributed by atoms with Crippen LogP contribution >= 0.6 is 24.0 Å². The third-order valence-electron chi connectivity index (χ3n) is 5.33. The maximum Gasteiger partial charge on any atom is 0.222 e. The second-order valence-corrected chi connectivity index (χ2v) is 7.45. The Bertz CT molecular complexity index is 935. The van der Waals surface area contributed by atoms with Gasteiger partial charge in [0.2, 0.25) is 5.91 Å². The van der Waals surface area contributed by atoms with Crippen molar-refractivity contribution < 1.29 is 14.3 Å². The van der Waals surface area contributed by atoms with Crippen LogP contribution in [0.25, 0.3) is 0 Å². The SMILES string of the molecule is CN=C(NCc1ccccc1CN1CCCC1=O)Nc1ccc2c(c1)OCCCO2.I. The number of nitrogens with zero attached hydrogens (tertiary/aromatic N) is 2. The van der Waals surface area contributed by atoms with Crippen molar-refractivity contribution in [1.82, 2.24) is 10.2 Å². The third kappa shape index (κ3) is 6.03. The summed E-state index contributed by atoms with van der Waals surface area (Å²) in [7, 11) is 1.74. The number of fused-ring (bicyclic) bond motifs is 1. The van der Waals surface area contributed by atoms with E-state index in [1.54, 1.807) is 7.05 Å². The number of nitrogens with one attached hydrogen (secondary N) is 2. The van der Waals surface area contributed by atoms with Crippen LogP contribution in [0.2, 0.25) is 0 Å². The van der Waals surface area contributed by atoms with Crippen LogP contribution < -0.4 is 20.1 Å². The van der Waals surface area contributed by atoms with Gasteiger partial charge in [0.15, 0.2) is 17.5 Å². The van der Waals surface area contributed by atoms with Gasteiger partial charge >= 0.3 is 0 Å². The number of rotatable bonds is 5. The number of halogens is 1. The van der Waals surface area contributed by atoms with Crippen LogP contribution in [0.15, 0.2) is 47.5 Å². The fourth-order valence-corrected chi connectivity index (χ4v) is 3.70. The number of hydrogen-bond acceptors (Lipinski definition) is 4. The molecule has 2 aromatic rings. The molecule has 1 fully saturated rings. The van der Waals surface area contributed by atoms with E-state index in [4.69, 9.17) is 9.47 Å². The van der Waals surface area contributed by atoms with Gasteiger partial charge in [0, 0.05) is 51.3 Å². The maximum atomic E-state index is 12.0. The lowest BCUT2D eigenvalue weighted by Gasteiger charge is -2.19. The topological polar surface area (TPSA) is 75.2 Å². The Morgan fingerprint density at radius 1 is 1.06 bits per heavy atom. The molecule has 0 aliphatic carbocycles. The molecule has 7 nitrogen and oxygen atoms in total. The molecular weight excluding hydrogens is 507 g/mol. The number of carbonyl (C=O) groups is 1. The lowest BCUT2D eigenvalue weighted by atomic mass is 10.1. The minimum absolute atomic E-state index is 0. The van der Waals surface area contributed by atoms with Crippen LogP contribution in [0.4, 0.5) is 5.69 Å². The molecule has 0 atom stereocenters. The highest BCUT2D eigenvalue weighted by Gasteiger charge is 2.21. The van der Waals surface area contributed by atoms with Crippen LogP contribution in [0.3, 0.4) is 0 Å². The van der Waals surface area contributed by atoms with Gasteiger partial charge in [0.1, 0.15) is 0 Å². The van der Waals surface area contributed by atoms with Crippen LogP contribution in [0, 0.1) is 0 Å². The monoisotopic (exact) mass is 536 g/mol. The summed E-state index contributed by atoms with van der Waals surface area (Å²) in [5.74, 6) is 2.42. The van der Waals surface area contributed by atoms with E-state index < -0.39 is 0 Å². The quantitative estimate of drug-likeness (QED) is 0.346. The van der Waals surface area contributed by atoms with Gasteiger partial charge < -0.3 is 25.0 Å². The highest BCUT2D eigenvalue weighted by atomic mass is 127. The van der Waals surface area contributed by atoms with E-state index in [1.165, 1.54) is 0 Å². The lowest BCUT2D eigenvalue weighted by molar-refractivity contribution is -0.128. The molecule has 0 radical (unpaired) electrons. The Balaban J connectivity index is 0.00000272. The zero-order valence-electron chi connectivity index (χ0n) is 17.7. The van der Waals surface area contributed by atoms with Gasteiger partial charge in [-0.05, 0) is 29.7 Å². The molecule has 2 aromatic carbocycles. The number of hydrogen-bond donors (Lipinski definition) is 2. The predicted molar refractivity (Wildman–Crippen MR) is 132 cm³/mol.